The van der Waals surface area contributed by atoms with Crippen molar-refractivity contribution in [3.05, 3.63) is 46.5 Å². The van der Waals surface area contributed by atoms with Crippen LogP contribution in [0.25, 0.3) is 0 Å². The fraction of sp³-hybridized carbons (Fsp3) is 0.308. The number of nitrogens with zero attached hydrogens (tertiary/aromatic N) is 1. The monoisotopic (exact) mass is 309 g/mol. The van der Waals surface area contributed by atoms with Crippen LogP contribution in [0.3, 0.4) is 0 Å². The van der Waals surface area contributed by atoms with Gasteiger partial charge in [-0.25, -0.2) is 4.98 Å². The third-order valence-electron chi connectivity index (χ3n) is 2.85. The number of likely N-dealkylation sites (N-methyl/N-ethyl adjacent to an activating group) is 1. The molecular weight excluding hydrogens is 294 g/mol. The Hall–Kier alpha value is -1.33. The summed E-state index contributed by atoms with van der Waals surface area (Å²) < 4.78 is 6.19. The Labute approximate surface area is 115 Å². The van der Waals surface area contributed by atoms with Crippen LogP contribution < -0.4 is 10.1 Å². The number of H-pyrrole nitrogens is 1. The van der Waals surface area contributed by atoms with E-state index in [1.54, 1.807) is 13.3 Å². The van der Waals surface area contributed by atoms with Crippen molar-refractivity contribution in [1.29, 1.82) is 0 Å². The van der Waals surface area contributed by atoms with Crippen LogP contribution in [0.4, 0.5) is 0 Å². The van der Waals surface area contributed by atoms with Crippen molar-refractivity contribution in [3.8, 4) is 5.75 Å². The SMILES string of the molecule is CNC(Cc1ccc(OC)c(Br)c1)c1ncc[nH]1. The molecule has 0 saturated heterocycles. The van der Waals surface area contributed by atoms with Crippen molar-refractivity contribution in [2.45, 2.75) is 12.5 Å². The average Bonchev–Trinajstić information content (AvgIpc) is 2.90. The largest absolute Gasteiger partial charge is 0.496 e. The first-order valence-corrected chi connectivity index (χ1v) is 6.53. The third kappa shape index (κ3) is 2.91. The summed E-state index contributed by atoms with van der Waals surface area (Å²) in [5.74, 6) is 1.79. The number of aromatic amines is 1. The Bertz CT molecular complexity index is 499. The molecule has 18 heavy (non-hydrogen) atoms. The van der Waals surface area contributed by atoms with Crippen LogP contribution in [0.5, 0.6) is 5.75 Å². The standard InChI is InChI=1S/C13H16BrN3O/c1-15-11(13-16-5-6-17-13)8-9-3-4-12(18-2)10(14)7-9/h3-7,11,15H,8H2,1-2H3,(H,16,17). The summed E-state index contributed by atoms with van der Waals surface area (Å²) in [6.45, 7) is 0. The molecule has 2 aromatic rings. The number of rotatable bonds is 5. The minimum atomic E-state index is 0.181. The molecule has 1 heterocycles. The fourth-order valence-electron chi connectivity index (χ4n) is 1.88. The highest BCUT2D eigenvalue weighted by Crippen LogP contribution is 2.27. The molecule has 4 nitrogen and oxygen atoms in total. The highest BCUT2D eigenvalue weighted by molar-refractivity contribution is 9.10. The molecule has 1 aromatic heterocycles. The number of imidazole rings is 1. The van der Waals surface area contributed by atoms with Crippen molar-refractivity contribution in [2.24, 2.45) is 0 Å². The van der Waals surface area contributed by atoms with E-state index in [9.17, 15) is 0 Å². The summed E-state index contributed by atoms with van der Waals surface area (Å²) in [6, 6.07) is 6.29. The number of aromatic nitrogens is 2. The van der Waals surface area contributed by atoms with Gasteiger partial charge in [0.1, 0.15) is 11.6 Å². The first-order chi connectivity index (χ1) is 8.74. The zero-order valence-corrected chi connectivity index (χ0v) is 12.0. The van der Waals surface area contributed by atoms with Gasteiger partial charge >= 0.3 is 0 Å². The minimum Gasteiger partial charge on any atom is -0.496 e. The lowest BCUT2D eigenvalue weighted by atomic mass is 10.1. The van der Waals surface area contributed by atoms with Gasteiger partial charge in [-0.05, 0) is 47.1 Å². The van der Waals surface area contributed by atoms with Crippen LogP contribution in [0.1, 0.15) is 17.4 Å². The van der Waals surface area contributed by atoms with Gasteiger partial charge in [0.25, 0.3) is 0 Å². The van der Waals surface area contributed by atoms with Crippen LogP contribution in [0.15, 0.2) is 35.1 Å². The third-order valence-corrected chi connectivity index (χ3v) is 3.47. The molecule has 1 aromatic carbocycles. The van der Waals surface area contributed by atoms with E-state index in [0.717, 1.165) is 22.5 Å². The maximum absolute atomic E-state index is 5.22. The molecule has 0 bridgehead atoms. The summed E-state index contributed by atoms with van der Waals surface area (Å²) >= 11 is 3.50. The minimum absolute atomic E-state index is 0.181. The molecule has 0 aliphatic rings. The maximum Gasteiger partial charge on any atom is 0.133 e. The summed E-state index contributed by atoms with van der Waals surface area (Å²) in [7, 11) is 3.60. The molecule has 0 fully saturated rings. The van der Waals surface area contributed by atoms with E-state index in [1.165, 1.54) is 5.56 Å². The quantitative estimate of drug-likeness (QED) is 0.893. The Morgan fingerprint density at radius 1 is 1.50 bits per heavy atom. The van der Waals surface area contributed by atoms with Gasteiger partial charge in [0.05, 0.1) is 17.6 Å². The number of halogens is 1. The molecular formula is C13H16BrN3O. The summed E-state index contributed by atoms with van der Waals surface area (Å²) in [5.41, 5.74) is 1.22. The van der Waals surface area contributed by atoms with Gasteiger partial charge in [-0.1, -0.05) is 6.07 Å². The molecule has 1 atom stereocenters. The van der Waals surface area contributed by atoms with E-state index in [4.69, 9.17) is 4.74 Å². The van der Waals surface area contributed by atoms with Crippen LogP contribution in [-0.2, 0) is 6.42 Å². The Balaban J connectivity index is 2.15. The topological polar surface area (TPSA) is 49.9 Å². The van der Waals surface area contributed by atoms with Gasteiger partial charge < -0.3 is 15.0 Å². The average molecular weight is 310 g/mol. The van der Waals surface area contributed by atoms with Gasteiger partial charge in [-0.3, -0.25) is 0 Å². The molecule has 0 radical (unpaired) electrons. The molecule has 0 amide bonds. The highest BCUT2D eigenvalue weighted by atomic mass is 79.9. The van der Waals surface area contributed by atoms with Crippen LogP contribution in [0, 0.1) is 0 Å². The molecule has 0 saturated carbocycles. The van der Waals surface area contributed by atoms with E-state index in [2.05, 4.69) is 43.3 Å². The Kier molecular flexibility index (Phi) is 4.38. The zero-order valence-electron chi connectivity index (χ0n) is 10.4. The molecule has 2 N–H and O–H groups in total. The normalized spacial score (nSPS) is 12.4. The van der Waals surface area contributed by atoms with Crippen LogP contribution in [-0.4, -0.2) is 24.1 Å². The number of nitrogens with one attached hydrogen (secondary N) is 2. The lowest BCUT2D eigenvalue weighted by Crippen LogP contribution is -2.20. The van der Waals surface area contributed by atoms with E-state index in [0.29, 0.717) is 0 Å². The highest BCUT2D eigenvalue weighted by Gasteiger charge is 2.13. The van der Waals surface area contributed by atoms with Crippen molar-refractivity contribution < 1.29 is 4.74 Å². The number of hydrogen-bond acceptors (Lipinski definition) is 3. The predicted molar refractivity (Wildman–Crippen MR) is 74.8 cm³/mol. The van der Waals surface area contributed by atoms with Gasteiger partial charge in [0, 0.05) is 12.4 Å². The summed E-state index contributed by atoms with van der Waals surface area (Å²) in [6.07, 6.45) is 4.47. The summed E-state index contributed by atoms with van der Waals surface area (Å²) in [4.78, 5) is 7.42. The molecule has 5 heteroatoms. The Morgan fingerprint density at radius 3 is 2.89 bits per heavy atom. The van der Waals surface area contributed by atoms with Crippen molar-refractivity contribution in [1.82, 2.24) is 15.3 Å². The zero-order chi connectivity index (χ0) is 13.0. The lowest BCUT2D eigenvalue weighted by Gasteiger charge is -2.14. The Morgan fingerprint density at radius 2 is 2.33 bits per heavy atom. The van der Waals surface area contributed by atoms with Gasteiger partial charge in [-0.15, -0.1) is 0 Å². The first kappa shape index (κ1) is 13.1. The van der Waals surface area contributed by atoms with Gasteiger partial charge in [-0.2, -0.15) is 0 Å². The van der Waals surface area contributed by atoms with Gasteiger partial charge in [0.2, 0.25) is 0 Å². The lowest BCUT2D eigenvalue weighted by molar-refractivity contribution is 0.412. The van der Waals surface area contributed by atoms with E-state index in [-0.39, 0.29) is 6.04 Å². The molecule has 0 spiro atoms. The van der Waals surface area contributed by atoms with Crippen molar-refractivity contribution in [3.63, 3.8) is 0 Å². The second kappa shape index (κ2) is 6.02. The number of ether oxygens (including phenoxy) is 1. The predicted octanol–water partition coefficient (Wildman–Crippen LogP) is 2.68. The van der Waals surface area contributed by atoms with Crippen molar-refractivity contribution in [2.75, 3.05) is 14.2 Å². The molecule has 1 unspecified atom stereocenters. The fourth-order valence-corrected chi connectivity index (χ4v) is 2.46. The number of benzene rings is 1. The van der Waals surface area contributed by atoms with Gasteiger partial charge in [0.15, 0.2) is 0 Å². The molecule has 96 valence electrons. The maximum atomic E-state index is 5.22. The van der Waals surface area contributed by atoms with Crippen molar-refractivity contribution >= 4 is 15.9 Å². The van der Waals surface area contributed by atoms with E-state index < -0.39 is 0 Å². The number of hydrogen-bond donors (Lipinski definition) is 2. The van der Waals surface area contributed by atoms with E-state index in [1.807, 2.05) is 19.3 Å². The smallest absolute Gasteiger partial charge is 0.133 e. The second-order valence-corrected chi connectivity index (χ2v) is 4.84. The summed E-state index contributed by atoms with van der Waals surface area (Å²) in [5, 5.41) is 3.26. The van der Waals surface area contributed by atoms with Crippen LogP contribution >= 0.6 is 15.9 Å². The first-order valence-electron chi connectivity index (χ1n) is 5.73. The van der Waals surface area contributed by atoms with E-state index >= 15 is 0 Å². The molecule has 2 rings (SSSR count). The molecule has 0 aliphatic heterocycles. The molecule has 0 aliphatic carbocycles. The van der Waals surface area contributed by atoms with Crippen LogP contribution in [0.2, 0.25) is 0 Å². The number of methoxy groups -OCH3 is 1. The second-order valence-electron chi connectivity index (χ2n) is 3.99.